The first-order chi connectivity index (χ1) is 10.2. The highest BCUT2D eigenvalue weighted by atomic mass is 32.1. The van der Waals surface area contributed by atoms with E-state index >= 15 is 0 Å². The van der Waals surface area contributed by atoms with Crippen molar-refractivity contribution in [3.05, 3.63) is 10.4 Å². The molecular weight excluding hydrogens is 300 g/mol. The van der Waals surface area contributed by atoms with Crippen molar-refractivity contribution < 1.29 is 0 Å². The second-order valence-corrected chi connectivity index (χ2v) is 7.51. The highest BCUT2D eigenvalue weighted by Crippen LogP contribution is 2.40. The molecule has 0 aliphatic carbocycles. The van der Waals surface area contributed by atoms with Crippen LogP contribution in [0.5, 0.6) is 0 Å². The quantitative estimate of drug-likeness (QED) is 0.921. The fourth-order valence-electron chi connectivity index (χ4n) is 3.00. The molecule has 0 amide bonds. The number of nitrogen functional groups attached to an aromatic ring is 1. The molecule has 0 radical (unpaired) electrons. The Morgan fingerprint density at radius 1 is 1.38 bits per heavy atom. The van der Waals surface area contributed by atoms with E-state index in [-0.39, 0.29) is 0 Å². The molecule has 2 aromatic heterocycles. The van der Waals surface area contributed by atoms with Gasteiger partial charge in [0.15, 0.2) is 0 Å². The van der Waals surface area contributed by atoms with E-state index in [0.29, 0.717) is 5.82 Å². The Labute approximate surface area is 134 Å². The van der Waals surface area contributed by atoms with Crippen molar-refractivity contribution in [2.24, 2.45) is 5.92 Å². The van der Waals surface area contributed by atoms with E-state index in [0.717, 1.165) is 35.3 Å². The summed E-state index contributed by atoms with van der Waals surface area (Å²) in [7, 11) is 0. The average Bonchev–Trinajstić information content (AvgIpc) is 2.97. The lowest BCUT2D eigenvalue weighted by Gasteiger charge is -2.21. The van der Waals surface area contributed by atoms with Crippen LogP contribution in [0.4, 0.5) is 10.8 Å². The lowest BCUT2D eigenvalue weighted by molar-refractivity contribution is 0.459. The maximum atomic E-state index is 6.12. The largest absolute Gasteiger partial charge is 0.382 e. The second-order valence-electron chi connectivity index (χ2n) is 5.69. The maximum absolute atomic E-state index is 6.12. The summed E-state index contributed by atoms with van der Waals surface area (Å²) in [6.45, 7) is 6.54. The highest BCUT2D eigenvalue weighted by Gasteiger charge is 2.23. The third-order valence-corrected chi connectivity index (χ3v) is 5.98. The zero-order valence-electron chi connectivity index (χ0n) is 12.6. The predicted octanol–water partition coefficient (Wildman–Crippen LogP) is 4.17. The molecule has 1 aliphatic heterocycles. The average molecular weight is 323 g/mol. The third-order valence-electron chi connectivity index (χ3n) is 4.29. The summed E-state index contributed by atoms with van der Waals surface area (Å²) in [5.41, 5.74) is 8.14. The van der Waals surface area contributed by atoms with E-state index in [9.17, 15) is 0 Å². The first-order valence-corrected chi connectivity index (χ1v) is 9.27. The number of hydrogen-bond acceptors (Lipinski definition) is 6. The number of nitrogens with two attached hydrogens (primary N) is 1. The van der Waals surface area contributed by atoms with Crippen molar-refractivity contribution in [2.75, 3.05) is 23.7 Å². The Balaban J connectivity index is 1.89. The van der Waals surface area contributed by atoms with Gasteiger partial charge in [0, 0.05) is 18.5 Å². The van der Waals surface area contributed by atoms with Crippen LogP contribution in [0, 0.1) is 12.8 Å². The Hall–Kier alpha value is -1.14. The van der Waals surface area contributed by atoms with Crippen LogP contribution in [0.1, 0.15) is 37.6 Å². The van der Waals surface area contributed by atoms with Crippen molar-refractivity contribution in [1.29, 1.82) is 0 Å². The standard InChI is InChI=1S/C15H22N4S2/c1-3-11-5-4-7-19(8-6-11)15-13(14(16)18-21-15)12-9-20-10(2)17-12/h9,11H,3-8H2,1-2H3,(H2,16,18). The SMILES string of the molecule is CCC1CCCN(c2snc(N)c2-c2csc(C)n2)CC1. The predicted molar refractivity (Wildman–Crippen MR) is 92.2 cm³/mol. The molecule has 2 aromatic rings. The minimum absolute atomic E-state index is 0.622. The van der Waals surface area contributed by atoms with E-state index in [1.165, 1.54) is 42.2 Å². The first-order valence-electron chi connectivity index (χ1n) is 7.61. The smallest absolute Gasteiger partial charge is 0.148 e. The molecule has 4 nitrogen and oxygen atoms in total. The molecule has 0 spiro atoms. The molecular formula is C15H22N4S2. The van der Waals surface area contributed by atoms with Crippen LogP contribution in [-0.4, -0.2) is 22.4 Å². The van der Waals surface area contributed by atoms with Crippen molar-refractivity contribution >= 4 is 33.7 Å². The van der Waals surface area contributed by atoms with Gasteiger partial charge in [-0.25, -0.2) is 4.98 Å². The van der Waals surface area contributed by atoms with Crippen LogP contribution in [-0.2, 0) is 0 Å². The van der Waals surface area contributed by atoms with Crippen molar-refractivity contribution in [2.45, 2.75) is 39.5 Å². The van der Waals surface area contributed by atoms with Gasteiger partial charge < -0.3 is 10.6 Å². The number of thiazole rings is 1. The van der Waals surface area contributed by atoms with Gasteiger partial charge in [-0.3, -0.25) is 0 Å². The molecule has 6 heteroatoms. The van der Waals surface area contributed by atoms with Gasteiger partial charge in [0.1, 0.15) is 10.8 Å². The van der Waals surface area contributed by atoms with Crippen LogP contribution in [0.15, 0.2) is 5.38 Å². The summed E-state index contributed by atoms with van der Waals surface area (Å²) in [5.74, 6) is 1.49. The number of aryl methyl sites for hydroxylation is 1. The minimum atomic E-state index is 0.622. The van der Waals surface area contributed by atoms with Crippen LogP contribution in [0.3, 0.4) is 0 Å². The van der Waals surface area contributed by atoms with Crippen LogP contribution in [0.2, 0.25) is 0 Å². The molecule has 3 heterocycles. The second kappa shape index (κ2) is 6.32. The summed E-state index contributed by atoms with van der Waals surface area (Å²) in [6, 6.07) is 0. The molecule has 1 fully saturated rings. The van der Waals surface area contributed by atoms with Crippen LogP contribution < -0.4 is 10.6 Å². The molecule has 2 N–H and O–H groups in total. The Kier molecular flexibility index (Phi) is 4.45. The molecule has 1 aliphatic rings. The normalized spacial score (nSPS) is 19.7. The van der Waals surface area contributed by atoms with Gasteiger partial charge in [0.2, 0.25) is 0 Å². The lowest BCUT2D eigenvalue weighted by atomic mass is 9.98. The van der Waals surface area contributed by atoms with Crippen LogP contribution >= 0.6 is 22.9 Å². The molecule has 3 rings (SSSR count). The first kappa shape index (κ1) is 14.8. The van der Waals surface area contributed by atoms with Crippen LogP contribution in [0.25, 0.3) is 11.3 Å². The van der Waals surface area contributed by atoms with Gasteiger partial charge in [-0.1, -0.05) is 13.3 Å². The summed E-state index contributed by atoms with van der Waals surface area (Å²) >= 11 is 3.19. The molecule has 0 saturated carbocycles. The fraction of sp³-hybridized carbons (Fsp3) is 0.600. The molecule has 0 aromatic carbocycles. The van der Waals surface area contributed by atoms with Gasteiger partial charge in [0.25, 0.3) is 0 Å². The highest BCUT2D eigenvalue weighted by molar-refractivity contribution is 7.11. The van der Waals surface area contributed by atoms with E-state index in [2.05, 4.69) is 26.6 Å². The fourth-order valence-corrected chi connectivity index (χ4v) is 4.48. The maximum Gasteiger partial charge on any atom is 0.148 e. The number of nitrogens with zero attached hydrogens (tertiary/aromatic N) is 3. The summed E-state index contributed by atoms with van der Waals surface area (Å²) in [4.78, 5) is 7.07. The number of aromatic nitrogens is 2. The number of anilines is 2. The minimum Gasteiger partial charge on any atom is -0.382 e. The summed E-state index contributed by atoms with van der Waals surface area (Å²) in [5, 5.41) is 4.36. The van der Waals surface area contributed by atoms with Crippen molar-refractivity contribution in [1.82, 2.24) is 9.36 Å². The molecule has 114 valence electrons. The van der Waals surface area contributed by atoms with E-state index in [4.69, 9.17) is 5.73 Å². The summed E-state index contributed by atoms with van der Waals surface area (Å²) in [6.07, 6.45) is 5.15. The molecule has 1 atom stereocenters. The van der Waals surface area contributed by atoms with Gasteiger partial charge in [-0.15, -0.1) is 11.3 Å². The lowest BCUT2D eigenvalue weighted by Crippen LogP contribution is -2.23. The zero-order valence-corrected chi connectivity index (χ0v) is 14.3. The summed E-state index contributed by atoms with van der Waals surface area (Å²) < 4.78 is 4.39. The van der Waals surface area contributed by atoms with Gasteiger partial charge >= 0.3 is 0 Å². The van der Waals surface area contributed by atoms with E-state index in [1.807, 2.05) is 6.92 Å². The molecule has 21 heavy (non-hydrogen) atoms. The van der Waals surface area contributed by atoms with Crippen molar-refractivity contribution in [3.63, 3.8) is 0 Å². The monoisotopic (exact) mass is 322 g/mol. The van der Waals surface area contributed by atoms with Gasteiger partial charge in [-0.2, -0.15) is 4.37 Å². The molecule has 1 unspecified atom stereocenters. The third kappa shape index (κ3) is 3.06. The Morgan fingerprint density at radius 2 is 2.24 bits per heavy atom. The Morgan fingerprint density at radius 3 is 2.95 bits per heavy atom. The molecule has 0 bridgehead atoms. The molecule has 1 saturated heterocycles. The van der Waals surface area contributed by atoms with Gasteiger partial charge in [-0.05, 0) is 43.6 Å². The number of rotatable bonds is 3. The topological polar surface area (TPSA) is 55.0 Å². The van der Waals surface area contributed by atoms with E-state index in [1.54, 1.807) is 11.3 Å². The van der Waals surface area contributed by atoms with Crippen molar-refractivity contribution in [3.8, 4) is 11.3 Å². The van der Waals surface area contributed by atoms with E-state index < -0.39 is 0 Å². The Bertz CT molecular complexity index is 605. The zero-order chi connectivity index (χ0) is 14.8. The van der Waals surface area contributed by atoms with Gasteiger partial charge in [0.05, 0.1) is 16.3 Å². The number of hydrogen-bond donors (Lipinski definition) is 1.